The van der Waals surface area contributed by atoms with Gasteiger partial charge >= 0.3 is 6.09 Å². The summed E-state index contributed by atoms with van der Waals surface area (Å²) in [6, 6.07) is 3.12. The second-order valence-electron chi connectivity index (χ2n) is 3.84. The van der Waals surface area contributed by atoms with Gasteiger partial charge in [0.1, 0.15) is 0 Å². The lowest BCUT2D eigenvalue weighted by atomic mass is 9.97. The van der Waals surface area contributed by atoms with Crippen molar-refractivity contribution in [3.63, 3.8) is 0 Å². The van der Waals surface area contributed by atoms with Crippen molar-refractivity contribution in [1.82, 2.24) is 0 Å². The Morgan fingerprint density at radius 1 is 1.50 bits per heavy atom. The number of rotatable bonds is 0. The van der Waals surface area contributed by atoms with Crippen LogP contribution >= 0.6 is 35.6 Å². The second kappa shape index (κ2) is 5.97. The van der Waals surface area contributed by atoms with Gasteiger partial charge in [-0.25, -0.2) is 4.79 Å². The van der Waals surface area contributed by atoms with Gasteiger partial charge in [0, 0.05) is 28.2 Å². The monoisotopic (exact) mass is 310 g/mol. The zero-order valence-electron chi connectivity index (χ0n) is 9.65. The van der Waals surface area contributed by atoms with Gasteiger partial charge in [-0.2, -0.15) is 0 Å². The number of nitrogens with two attached hydrogens (primary N) is 1. The van der Waals surface area contributed by atoms with E-state index in [-0.39, 0.29) is 18.4 Å². The maximum absolute atomic E-state index is 11.6. The highest BCUT2D eigenvalue weighted by Crippen LogP contribution is 2.39. The van der Waals surface area contributed by atoms with E-state index >= 15 is 0 Å². The maximum atomic E-state index is 11.6. The molecule has 0 aliphatic carbocycles. The lowest BCUT2D eigenvalue weighted by Gasteiger charge is -2.32. The van der Waals surface area contributed by atoms with Crippen LogP contribution in [-0.2, 0) is 4.74 Å². The SMILES string of the molecule is COC(=O)N1CCC(N)c2c(Cl)cc(Cl)cc21.Cl. The fourth-order valence-electron chi connectivity index (χ4n) is 1.99. The molecule has 1 amide bonds. The first-order chi connectivity index (χ1) is 8.04. The zero-order valence-corrected chi connectivity index (χ0v) is 12.0. The minimum absolute atomic E-state index is 0. The molecular weight excluding hydrogens is 298 g/mol. The van der Waals surface area contributed by atoms with Crippen molar-refractivity contribution in [1.29, 1.82) is 0 Å². The molecule has 100 valence electrons. The number of carbonyl (C=O) groups is 1. The molecule has 0 saturated carbocycles. The first kappa shape index (κ1) is 15.4. The van der Waals surface area contributed by atoms with Crippen molar-refractivity contribution in [2.75, 3.05) is 18.6 Å². The summed E-state index contributed by atoms with van der Waals surface area (Å²) < 4.78 is 4.72. The van der Waals surface area contributed by atoms with Crippen molar-refractivity contribution >= 4 is 47.4 Å². The third-order valence-corrected chi connectivity index (χ3v) is 3.32. The van der Waals surface area contributed by atoms with Gasteiger partial charge in [0.2, 0.25) is 0 Å². The molecule has 0 radical (unpaired) electrons. The number of carbonyl (C=O) groups excluding carboxylic acids is 1. The molecule has 0 fully saturated rings. The second-order valence-corrected chi connectivity index (χ2v) is 4.68. The first-order valence-corrected chi connectivity index (χ1v) is 5.90. The molecule has 1 aromatic carbocycles. The molecule has 2 rings (SSSR count). The van der Waals surface area contributed by atoms with E-state index in [0.717, 1.165) is 5.56 Å². The van der Waals surface area contributed by atoms with Gasteiger partial charge in [0.05, 0.1) is 12.8 Å². The molecule has 0 bridgehead atoms. The molecule has 1 aliphatic rings. The van der Waals surface area contributed by atoms with Gasteiger partial charge in [0.25, 0.3) is 0 Å². The first-order valence-electron chi connectivity index (χ1n) is 5.14. The molecule has 1 aliphatic heterocycles. The highest BCUT2D eigenvalue weighted by molar-refractivity contribution is 6.35. The van der Waals surface area contributed by atoms with Gasteiger partial charge in [0.15, 0.2) is 0 Å². The van der Waals surface area contributed by atoms with Crippen LogP contribution < -0.4 is 10.6 Å². The zero-order chi connectivity index (χ0) is 12.6. The number of benzene rings is 1. The Morgan fingerprint density at radius 2 is 2.17 bits per heavy atom. The van der Waals surface area contributed by atoms with Gasteiger partial charge in [-0.1, -0.05) is 23.2 Å². The number of fused-ring (bicyclic) bond motifs is 1. The van der Waals surface area contributed by atoms with E-state index in [9.17, 15) is 4.79 Å². The van der Waals surface area contributed by atoms with Crippen LogP contribution in [0.1, 0.15) is 18.0 Å². The largest absolute Gasteiger partial charge is 0.452 e. The molecule has 7 heteroatoms. The molecule has 0 aromatic heterocycles. The molecule has 0 spiro atoms. The topological polar surface area (TPSA) is 55.6 Å². The number of nitrogens with zero attached hydrogens (tertiary/aromatic N) is 1. The molecule has 4 nitrogen and oxygen atoms in total. The number of amides is 1. The Morgan fingerprint density at radius 3 is 2.78 bits per heavy atom. The lowest BCUT2D eigenvalue weighted by Crippen LogP contribution is -2.38. The Balaban J connectivity index is 0.00000162. The highest BCUT2D eigenvalue weighted by atomic mass is 35.5. The van der Waals surface area contributed by atoms with Crippen molar-refractivity contribution < 1.29 is 9.53 Å². The predicted octanol–water partition coefficient (Wildman–Crippen LogP) is 3.39. The number of hydrogen-bond donors (Lipinski definition) is 1. The summed E-state index contributed by atoms with van der Waals surface area (Å²) >= 11 is 12.1. The third kappa shape index (κ3) is 2.67. The van der Waals surface area contributed by atoms with Crippen LogP contribution in [0.2, 0.25) is 10.0 Å². The summed E-state index contributed by atoms with van der Waals surface area (Å²) in [5.41, 5.74) is 7.37. The van der Waals surface area contributed by atoms with Crippen LogP contribution in [-0.4, -0.2) is 19.7 Å². The third-order valence-electron chi connectivity index (χ3n) is 2.79. The number of hydrogen-bond acceptors (Lipinski definition) is 3. The summed E-state index contributed by atoms with van der Waals surface area (Å²) in [7, 11) is 1.34. The fraction of sp³-hybridized carbons (Fsp3) is 0.364. The highest BCUT2D eigenvalue weighted by Gasteiger charge is 2.29. The fourth-order valence-corrected chi connectivity index (χ4v) is 2.62. The van der Waals surface area contributed by atoms with E-state index in [0.29, 0.717) is 28.7 Å². The summed E-state index contributed by atoms with van der Waals surface area (Å²) in [6.45, 7) is 0.498. The van der Waals surface area contributed by atoms with E-state index in [1.807, 2.05) is 0 Å². The van der Waals surface area contributed by atoms with E-state index < -0.39 is 6.09 Å². The Hall–Kier alpha value is -0.680. The van der Waals surface area contributed by atoms with E-state index in [1.165, 1.54) is 12.0 Å². The number of methoxy groups -OCH3 is 1. The average Bonchev–Trinajstić information content (AvgIpc) is 2.27. The van der Waals surface area contributed by atoms with Gasteiger partial charge < -0.3 is 10.5 Å². The van der Waals surface area contributed by atoms with Crippen LogP contribution in [0.4, 0.5) is 10.5 Å². The number of halogens is 3. The smallest absolute Gasteiger partial charge is 0.414 e. The van der Waals surface area contributed by atoms with Gasteiger partial charge in [-0.3, -0.25) is 4.90 Å². The summed E-state index contributed by atoms with van der Waals surface area (Å²) in [4.78, 5) is 13.1. The normalized spacial score (nSPS) is 17.8. The standard InChI is InChI=1S/C11H12Cl2N2O2.ClH/c1-17-11(16)15-3-2-8(14)10-7(13)4-6(12)5-9(10)15;/h4-5,8H,2-3,14H2,1H3;1H. The summed E-state index contributed by atoms with van der Waals surface area (Å²) in [5, 5.41) is 0.949. The minimum atomic E-state index is -0.434. The average molecular weight is 312 g/mol. The molecule has 18 heavy (non-hydrogen) atoms. The van der Waals surface area contributed by atoms with Gasteiger partial charge in [-0.15, -0.1) is 12.4 Å². The van der Waals surface area contributed by atoms with E-state index in [4.69, 9.17) is 33.7 Å². The molecular formula is C11H13Cl3N2O2. The van der Waals surface area contributed by atoms with E-state index in [2.05, 4.69) is 0 Å². The lowest BCUT2D eigenvalue weighted by molar-refractivity contribution is 0.178. The van der Waals surface area contributed by atoms with Crippen molar-refractivity contribution in [3.8, 4) is 0 Å². The predicted molar refractivity (Wildman–Crippen MR) is 75.0 cm³/mol. The minimum Gasteiger partial charge on any atom is -0.452 e. The number of anilines is 1. The quantitative estimate of drug-likeness (QED) is 0.799. The van der Waals surface area contributed by atoms with Crippen molar-refractivity contribution in [2.24, 2.45) is 5.73 Å². The van der Waals surface area contributed by atoms with Crippen molar-refractivity contribution in [2.45, 2.75) is 12.5 Å². The van der Waals surface area contributed by atoms with Crippen LogP contribution in [0, 0.1) is 0 Å². The molecule has 0 saturated heterocycles. The van der Waals surface area contributed by atoms with Crippen LogP contribution in [0.25, 0.3) is 0 Å². The van der Waals surface area contributed by atoms with Crippen molar-refractivity contribution in [3.05, 3.63) is 27.7 Å². The molecule has 1 unspecified atom stereocenters. The summed E-state index contributed by atoms with van der Waals surface area (Å²) in [6.07, 6.45) is 0.209. The summed E-state index contributed by atoms with van der Waals surface area (Å²) in [5.74, 6) is 0. The Bertz CT molecular complexity index is 468. The molecule has 2 N–H and O–H groups in total. The van der Waals surface area contributed by atoms with Crippen LogP contribution in [0.5, 0.6) is 0 Å². The van der Waals surface area contributed by atoms with Crippen LogP contribution in [0.3, 0.4) is 0 Å². The van der Waals surface area contributed by atoms with E-state index in [1.54, 1.807) is 12.1 Å². The van der Waals surface area contributed by atoms with Gasteiger partial charge in [-0.05, 0) is 18.6 Å². The Labute approximate surface area is 121 Å². The molecule has 1 aromatic rings. The van der Waals surface area contributed by atoms with Crippen LogP contribution in [0.15, 0.2) is 12.1 Å². The molecule has 1 atom stereocenters. The maximum Gasteiger partial charge on any atom is 0.414 e. The number of ether oxygens (including phenoxy) is 1. The Kier molecular flexibility index (Phi) is 5.10. The molecule has 1 heterocycles.